The van der Waals surface area contributed by atoms with Gasteiger partial charge in [-0.05, 0) is 25.0 Å². The van der Waals surface area contributed by atoms with Crippen molar-refractivity contribution >= 4 is 33.3 Å². The molecule has 0 fully saturated rings. The van der Waals surface area contributed by atoms with Gasteiger partial charge < -0.3 is 10.2 Å². The summed E-state index contributed by atoms with van der Waals surface area (Å²) < 4.78 is 0. The number of nitrogens with one attached hydrogen (secondary N) is 1. The molecule has 0 bridgehead atoms. The second-order valence-corrected chi connectivity index (χ2v) is 7.47. The van der Waals surface area contributed by atoms with Crippen LogP contribution in [0.2, 0.25) is 0 Å². The zero-order valence-corrected chi connectivity index (χ0v) is 16.2. The molecule has 1 aromatic carbocycles. The topological polar surface area (TPSA) is 58.1 Å². The van der Waals surface area contributed by atoms with Gasteiger partial charge in [-0.3, -0.25) is 4.79 Å². The van der Waals surface area contributed by atoms with E-state index >= 15 is 0 Å². The van der Waals surface area contributed by atoms with E-state index in [0.29, 0.717) is 13.0 Å². The molecule has 0 aliphatic heterocycles. The lowest BCUT2D eigenvalue weighted by Gasteiger charge is -2.19. The Morgan fingerprint density at radius 1 is 1.27 bits per heavy atom. The largest absolute Gasteiger partial charge is 0.359 e. The average molecular weight is 369 g/mol. The van der Waals surface area contributed by atoms with Crippen LogP contribution in [-0.2, 0) is 4.79 Å². The molecule has 26 heavy (non-hydrogen) atoms. The van der Waals surface area contributed by atoms with Crippen LogP contribution in [0.25, 0.3) is 20.7 Å². The number of amides is 1. The van der Waals surface area contributed by atoms with Crippen molar-refractivity contribution in [1.82, 2.24) is 15.3 Å². The molecular weight excluding hydrogens is 344 g/mol. The van der Waals surface area contributed by atoms with Crippen LogP contribution in [-0.4, -0.2) is 35.5 Å². The summed E-state index contributed by atoms with van der Waals surface area (Å²) in [6.07, 6.45) is 2.98. The summed E-state index contributed by atoms with van der Waals surface area (Å²) in [5.41, 5.74) is 1.18. The van der Waals surface area contributed by atoms with Crippen LogP contribution in [0, 0.1) is 0 Å². The Bertz CT molecular complexity index is 878. The first kappa shape index (κ1) is 18.3. The second kappa shape index (κ2) is 8.27. The summed E-state index contributed by atoms with van der Waals surface area (Å²) in [7, 11) is 1.97. The molecule has 0 aliphatic carbocycles. The molecule has 2 heterocycles. The summed E-state index contributed by atoms with van der Waals surface area (Å²) in [6, 6.07) is 12.6. The van der Waals surface area contributed by atoms with Crippen molar-refractivity contribution in [1.29, 1.82) is 0 Å². The highest BCUT2D eigenvalue weighted by molar-refractivity contribution is 7.21. The second-order valence-electron chi connectivity index (χ2n) is 6.44. The number of thiophene rings is 1. The summed E-state index contributed by atoms with van der Waals surface area (Å²) >= 11 is 1.66. The molecule has 3 rings (SSSR count). The fourth-order valence-electron chi connectivity index (χ4n) is 2.72. The minimum atomic E-state index is 0.0757. The Balaban J connectivity index is 1.77. The number of rotatable bonds is 7. The molecule has 1 atom stereocenters. The van der Waals surface area contributed by atoms with Gasteiger partial charge in [-0.2, -0.15) is 0 Å². The van der Waals surface area contributed by atoms with Gasteiger partial charge in [0.1, 0.15) is 17.0 Å². The van der Waals surface area contributed by atoms with E-state index in [1.165, 1.54) is 10.4 Å². The van der Waals surface area contributed by atoms with Crippen LogP contribution in [0.1, 0.15) is 26.7 Å². The lowest BCUT2D eigenvalue weighted by atomic mass is 10.2. The van der Waals surface area contributed by atoms with E-state index in [4.69, 9.17) is 0 Å². The van der Waals surface area contributed by atoms with Crippen molar-refractivity contribution in [2.24, 2.45) is 0 Å². The van der Waals surface area contributed by atoms with Crippen molar-refractivity contribution in [3.63, 3.8) is 0 Å². The molecule has 1 amide bonds. The highest BCUT2D eigenvalue weighted by Crippen LogP contribution is 2.35. The van der Waals surface area contributed by atoms with Gasteiger partial charge in [-0.1, -0.05) is 37.3 Å². The molecule has 3 aromatic rings. The summed E-state index contributed by atoms with van der Waals surface area (Å²) in [4.78, 5) is 25.1. The third-order valence-corrected chi connectivity index (χ3v) is 5.51. The van der Waals surface area contributed by atoms with Gasteiger partial charge in [0.25, 0.3) is 0 Å². The SMILES string of the molecule is CCC(C)NC(=O)CCN(C)c1ncnc2sc(-c3ccccc3)cc12. The highest BCUT2D eigenvalue weighted by Gasteiger charge is 2.14. The molecule has 0 radical (unpaired) electrons. The first-order chi connectivity index (χ1) is 12.6. The molecule has 2 aromatic heterocycles. The molecule has 6 heteroatoms. The maximum atomic E-state index is 12.0. The summed E-state index contributed by atoms with van der Waals surface area (Å²) in [5, 5.41) is 4.03. The maximum Gasteiger partial charge on any atom is 0.221 e. The molecule has 1 unspecified atom stereocenters. The minimum Gasteiger partial charge on any atom is -0.359 e. The quantitative estimate of drug-likeness (QED) is 0.682. The molecule has 5 nitrogen and oxygen atoms in total. The van der Waals surface area contributed by atoms with E-state index in [1.807, 2.05) is 37.1 Å². The number of carbonyl (C=O) groups is 1. The van der Waals surface area contributed by atoms with E-state index in [1.54, 1.807) is 17.7 Å². The number of carbonyl (C=O) groups excluding carboxylic acids is 1. The van der Waals surface area contributed by atoms with Crippen LogP contribution in [0.15, 0.2) is 42.7 Å². The number of anilines is 1. The lowest BCUT2D eigenvalue weighted by Crippen LogP contribution is -2.34. The maximum absolute atomic E-state index is 12.0. The first-order valence-electron chi connectivity index (χ1n) is 8.89. The van der Waals surface area contributed by atoms with Gasteiger partial charge in [-0.15, -0.1) is 11.3 Å². The zero-order chi connectivity index (χ0) is 18.5. The fraction of sp³-hybridized carbons (Fsp3) is 0.350. The first-order valence-corrected chi connectivity index (χ1v) is 9.70. The number of aromatic nitrogens is 2. The Kier molecular flexibility index (Phi) is 5.83. The van der Waals surface area contributed by atoms with Crippen molar-refractivity contribution in [2.45, 2.75) is 32.7 Å². The van der Waals surface area contributed by atoms with Crippen LogP contribution in [0.3, 0.4) is 0 Å². The molecule has 0 saturated heterocycles. The van der Waals surface area contributed by atoms with Crippen molar-refractivity contribution in [3.05, 3.63) is 42.7 Å². The molecule has 1 N–H and O–H groups in total. The van der Waals surface area contributed by atoms with Gasteiger partial charge in [-0.25, -0.2) is 9.97 Å². The van der Waals surface area contributed by atoms with E-state index < -0.39 is 0 Å². The number of nitrogens with zero attached hydrogens (tertiary/aromatic N) is 3. The lowest BCUT2D eigenvalue weighted by molar-refractivity contribution is -0.121. The standard InChI is InChI=1S/C20H24N4OS/c1-4-14(2)23-18(25)10-11-24(3)19-16-12-17(15-8-6-5-7-9-15)26-20(16)22-13-21-19/h5-9,12-14H,4,10-11H2,1-3H3,(H,23,25). The van der Waals surface area contributed by atoms with E-state index in [9.17, 15) is 4.79 Å². The molecule has 0 spiro atoms. The van der Waals surface area contributed by atoms with Gasteiger partial charge in [0, 0.05) is 30.9 Å². The minimum absolute atomic E-state index is 0.0757. The van der Waals surface area contributed by atoms with E-state index in [0.717, 1.165) is 22.5 Å². The summed E-state index contributed by atoms with van der Waals surface area (Å²) in [5.74, 6) is 0.941. The normalized spacial score (nSPS) is 12.1. The van der Waals surface area contributed by atoms with E-state index in [2.05, 4.69) is 40.4 Å². The van der Waals surface area contributed by atoms with Crippen LogP contribution >= 0.6 is 11.3 Å². The average Bonchev–Trinajstić information content (AvgIpc) is 3.11. The van der Waals surface area contributed by atoms with Gasteiger partial charge in [0.05, 0.1) is 5.39 Å². The number of hydrogen-bond donors (Lipinski definition) is 1. The monoisotopic (exact) mass is 368 g/mol. The van der Waals surface area contributed by atoms with Crippen molar-refractivity contribution < 1.29 is 4.79 Å². The van der Waals surface area contributed by atoms with Crippen LogP contribution in [0.5, 0.6) is 0 Å². The Morgan fingerprint density at radius 2 is 2.04 bits per heavy atom. The molecule has 0 aliphatic rings. The van der Waals surface area contributed by atoms with Gasteiger partial charge >= 0.3 is 0 Å². The number of fused-ring (bicyclic) bond motifs is 1. The number of benzene rings is 1. The predicted molar refractivity (Wildman–Crippen MR) is 109 cm³/mol. The van der Waals surface area contributed by atoms with Crippen LogP contribution in [0.4, 0.5) is 5.82 Å². The Morgan fingerprint density at radius 3 is 2.77 bits per heavy atom. The Hall–Kier alpha value is -2.47. The van der Waals surface area contributed by atoms with Crippen molar-refractivity contribution in [2.75, 3.05) is 18.5 Å². The highest BCUT2D eigenvalue weighted by atomic mass is 32.1. The third-order valence-electron chi connectivity index (χ3n) is 4.42. The zero-order valence-electron chi connectivity index (χ0n) is 15.4. The van der Waals surface area contributed by atoms with Crippen LogP contribution < -0.4 is 10.2 Å². The molecule has 136 valence electrons. The van der Waals surface area contributed by atoms with E-state index in [-0.39, 0.29) is 11.9 Å². The third kappa shape index (κ3) is 4.19. The van der Waals surface area contributed by atoms with Crippen molar-refractivity contribution in [3.8, 4) is 10.4 Å². The molecular formula is C20H24N4OS. The summed E-state index contributed by atoms with van der Waals surface area (Å²) in [6.45, 7) is 4.70. The predicted octanol–water partition coefficient (Wildman–Crippen LogP) is 4.10. The smallest absolute Gasteiger partial charge is 0.221 e. The van der Waals surface area contributed by atoms with Gasteiger partial charge in [0.15, 0.2) is 0 Å². The fourth-order valence-corrected chi connectivity index (χ4v) is 3.72. The number of hydrogen-bond acceptors (Lipinski definition) is 5. The Labute approximate surface area is 158 Å². The van der Waals surface area contributed by atoms with Gasteiger partial charge in [0.2, 0.25) is 5.91 Å². The molecule has 0 saturated carbocycles.